The van der Waals surface area contributed by atoms with E-state index in [1.165, 1.54) is 11.1 Å². The van der Waals surface area contributed by atoms with Crippen LogP contribution in [0.4, 0.5) is 5.82 Å². The molecule has 0 radical (unpaired) electrons. The van der Waals surface area contributed by atoms with Gasteiger partial charge >= 0.3 is 0 Å². The third-order valence-corrected chi connectivity index (χ3v) is 3.10. The summed E-state index contributed by atoms with van der Waals surface area (Å²) in [4.78, 5) is 12.0. The van der Waals surface area contributed by atoms with E-state index in [0.29, 0.717) is 11.4 Å². The van der Waals surface area contributed by atoms with E-state index in [2.05, 4.69) is 20.8 Å². The quantitative estimate of drug-likeness (QED) is 0.743. The lowest BCUT2D eigenvalue weighted by Gasteiger charge is -2.17. The van der Waals surface area contributed by atoms with Crippen LogP contribution in [0.3, 0.4) is 0 Å². The fourth-order valence-corrected chi connectivity index (χ4v) is 2.14. The number of hydrogen-bond donors (Lipinski definition) is 3. The summed E-state index contributed by atoms with van der Waals surface area (Å²) < 4.78 is 0. The van der Waals surface area contributed by atoms with Crippen LogP contribution in [-0.2, 0) is 13.0 Å². The first kappa shape index (κ1) is 11.0. The van der Waals surface area contributed by atoms with Crippen molar-refractivity contribution in [2.75, 3.05) is 11.9 Å². The van der Waals surface area contributed by atoms with E-state index in [4.69, 9.17) is 0 Å². The van der Waals surface area contributed by atoms with Gasteiger partial charge in [-0.2, -0.15) is 5.10 Å². The predicted octanol–water partition coefficient (Wildman–Crippen LogP) is 1.31. The molecule has 0 spiro atoms. The van der Waals surface area contributed by atoms with E-state index < -0.39 is 0 Å². The molecule has 5 heteroatoms. The van der Waals surface area contributed by atoms with Gasteiger partial charge in [0.2, 0.25) is 0 Å². The number of nitrogens with zero attached hydrogens (tertiary/aromatic N) is 1. The number of H-pyrrole nitrogens is 1. The summed E-state index contributed by atoms with van der Waals surface area (Å²) in [6.07, 6.45) is 2.63. The number of anilines is 1. The Morgan fingerprint density at radius 1 is 1.28 bits per heavy atom. The fraction of sp³-hybridized carbons (Fsp3) is 0.231. The second-order valence-corrected chi connectivity index (χ2v) is 4.33. The van der Waals surface area contributed by atoms with Gasteiger partial charge in [0.1, 0.15) is 5.82 Å². The molecule has 0 saturated heterocycles. The zero-order valence-electron chi connectivity index (χ0n) is 9.86. The third kappa shape index (κ3) is 2.12. The van der Waals surface area contributed by atoms with E-state index in [9.17, 15) is 4.79 Å². The minimum Gasteiger partial charge on any atom is -0.312 e. The number of amides is 1. The van der Waals surface area contributed by atoms with Crippen molar-refractivity contribution >= 4 is 11.7 Å². The highest BCUT2D eigenvalue weighted by atomic mass is 16.1. The zero-order chi connectivity index (χ0) is 12.4. The molecule has 1 aromatic heterocycles. The normalized spacial score (nSPS) is 14.0. The summed E-state index contributed by atoms with van der Waals surface area (Å²) in [6.45, 7) is 1.84. The lowest BCUT2D eigenvalue weighted by molar-refractivity contribution is 0.102. The summed E-state index contributed by atoms with van der Waals surface area (Å²) in [5, 5.41) is 12.6. The predicted molar refractivity (Wildman–Crippen MR) is 68.4 cm³/mol. The van der Waals surface area contributed by atoms with E-state index in [1.807, 2.05) is 18.2 Å². The maximum atomic E-state index is 12.0. The topological polar surface area (TPSA) is 69.8 Å². The summed E-state index contributed by atoms with van der Waals surface area (Å²) in [5.74, 6) is 0.489. The van der Waals surface area contributed by atoms with Gasteiger partial charge in [0, 0.05) is 18.2 Å². The molecule has 1 aromatic carbocycles. The van der Waals surface area contributed by atoms with Crippen molar-refractivity contribution in [1.82, 2.24) is 15.5 Å². The van der Waals surface area contributed by atoms with Crippen LogP contribution in [0.2, 0.25) is 0 Å². The minimum absolute atomic E-state index is 0.118. The van der Waals surface area contributed by atoms with Gasteiger partial charge in [-0.05, 0) is 36.2 Å². The molecule has 5 nitrogen and oxygen atoms in total. The second kappa shape index (κ2) is 4.62. The monoisotopic (exact) mass is 242 g/mol. The van der Waals surface area contributed by atoms with Gasteiger partial charge in [0.05, 0.1) is 6.20 Å². The lowest BCUT2D eigenvalue weighted by atomic mass is 9.98. The molecule has 0 fully saturated rings. The molecule has 1 aliphatic rings. The van der Waals surface area contributed by atoms with Crippen LogP contribution < -0.4 is 10.6 Å². The van der Waals surface area contributed by atoms with Crippen molar-refractivity contribution in [3.05, 3.63) is 47.2 Å². The average molecular weight is 242 g/mol. The third-order valence-electron chi connectivity index (χ3n) is 3.10. The summed E-state index contributed by atoms with van der Waals surface area (Å²) >= 11 is 0. The highest BCUT2D eigenvalue weighted by Gasteiger charge is 2.12. The van der Waals surface area contributed by atoms with E-state index in [0.717, 1.165) is 19.5 Å². The largest absolute Gasteiger partial charge is 0.312 e. The molecular weight excluding hydrogens is 228 g/mol. The summed E-state index contributed by atoms with van der Waals surface area (Å²) in [6, 6.07) is 7.58. The number of carbonyl (C=O) groups excluding carboxylic acids is 1. The molecule has 18 heavy (non-hydrogen) atoms. The Morgan fingerprint density at radius 3 is 3.06 bits per heavy atom. The molecule has 3 N–H and O–H groups in total. The van der Waals surface area contributed by atoms with Crippen LogP contribution in [0, 0.1) is 0 Å². The smallest absolute Gasteiger partial charge is 0.256 e. The van der Waals surface area contributed by atoms with Crippen LogP contribution in [0.25, 0.3) is 0 Å². The van der Waals surface area contributed by atoms with Crippen molar-refractivity contribution in [1.29, 1.82) is 0 Å². The number of benzene rings is 1. The van der Waals surface area contributed by atoms with Crippen LogP contribution in [0.1, 0.15) is 21.5 Å². The van der Waals surface area contributed by atoms with E-state index in [1.54, 1.807) is 12.3 Å². The van der Waals surface area contributed by atoms with Gasteiger partial charge in [-0.15, -0.1) is 0 Å². The molecule has 0 unspecified atom stereocenters. The number of aromatic amines is 1. The number of fused-ring (bicyclic) bond motifs is 1. The zero-order valence-corrected chi connectivity index (χ0v) is 9.86. The molecule has 92 valence electrons. The Bertz CT molecular complexity index is 562. The van der Waals surface area contributed by atoms with Gasteiger partial charge in [-0.3, -0.25) is 9.89 Å². The van der Waals surface area contributed by atoms with Crippen LogP contribution in [0.5, 0.6) is 0 Å². The van der Waals surface area contributed by atoms with E-state index >= 15 is 0 Å². The Hall–Kier alpha value is -2.14. The van der Waals surface area contributed by atoms with Gasteiger partial charge in [-0.25, -0.2) is 0 Å². The van der Waals surface area contributed by atoms with Gasteiger partial charge in [0.15, 0.2) is 0 Å². The molecule has 3 rings (SSSR count). The first-order valence-corrected chi connectivity index (χ1v) is 5.96. The highest BCUT2D eigenvalue weighted by molar-refractivity contribution is 6.03. The van der Waals surface area contributed by atoms with Gasteiger partial charge < -0.3 is 10.6 Å². The number of hydrogen-bond acceptors (Lipinski definition) is 3. The molecule has 1 amide bonds. The molecule has 2 heterocycles. The SMILES string of the molecule is O=C(Nc1ccn[nH]1)c1ccc2c(c1)CNCC2. The molecule has 0 saturated carbocycles. The average Bonchev–Trinajstić information content (AvgIpc) is 2.91. The van der Waals surface area contributed by atoms with Crippen molar-refractivity contribution < 1.29 is 4.79 Å². The first-order valence-electron chi connectivity index (χ1n) is 5.96. The van der Waals surface area contributed by atoms with Crippen molar-refractivity contribution in [2.24, 2.45) is 0 Å². The summed E-state index contributed by atoms with van der Waals surface area (Å²) in [7, 11) is 0. The van der Waals surface area contributed by atoms with Crippen molar-refractivity contribution in [3.63, 3.8) is 0 Å². The molecule has 1 aliphatic heterocycles. The van der Waals surface area contributed by atoms with Crippen LogP contribution >= 0.6 is 0 Å². The molecule has 0 atom stereocenters. The van der Waals surface area contributed by atoms with E-state index in [-0.39, 0.29) is 5.91 Å². The van der Waals surface area contributed by atoms with Crippen LogP contribution in [-0.4, -0.2) is 22.6 Å². The van der Waals surface area contributed by atoms with Gasteiger partial charge in [0.25, 0.3) is 5.91 Å². The fourth-order valence-electron chi connectivity index (χ4n) is 2.14. The highest BCUT2D eigenvalue weighted by Crippen LogP contribution is 2.16. The molecule has 0 aliphatic carbocycles. The summed E-state index contributed by atoms with van der Waals surface area (Å²) in [5.41, 5.74) is 3.21. The van der Waals surface area contributed by atoms with Crippen LogP contribution in [0.15, 0.2) is 30.5 Å². The van der Waals surface area contributed by atoms with Crippen molar-refractivity contribution in [2.45, 2.75) is 13.0 Å². The maximum absolute atomic E-state index is 12.0. The maximum Gasteiger partial charge on any atom is 0.256 e. The second-order valence-electron chi connectivity index (χ2n) is 4.33. The Labute approximate surface area is 105 Å². The number of aromatic nitrogens is 2. The number of carbonyl (C=O) groups is 1. The first-order chi connectivity index (χ1) is 8.83. The molecular formula is C13H14N4O. The standard InChI is InChI=1S/C13H14N4O/c18-13(16-12-4-6-15-17-12)10-2-1-9-3-5-14-8-11(9)7-10/h1-2,4,6-7,14H,3,5,8H2,(H2,15,16,17,18). The number of rotatable bonds is 2. The Morgan fingerprint density at radius 2 is 2.22 bits per heavy atom. The molecule has 2 aromatic rings. The number of nitrogens with one attached hydrogen (secondary N) is 3. The molecule has 0 bridgehead atoms. The van der Waals surface area contributed by atoms with Crippen molar-refractivity contribution in [3.8, 4) is 0 Å². The van der Waals surface area contributed by atoms with Gasteiger partial charge in [-0.1, -0.05) is 6.07 Å². The Kier molecular flexibility index (Phi) is 2.82. The lowest BCUT2D eigenvalue weighted by Crippen LogP contribution is -2.24. The minimum atomic E-state index is -0.118. The Balaban J connectivity index is 1.81.